The molecule has 0 aromatic carbocycles. The summed E-state index contributed by atoms with van der Waals surface area (Å²) in [6.45, 7) is 6.99. The SMILES string of the molecule is CC(C)C(=O)C(C)C(=O)OC1(C)C2CC3CC2C(=O)OC31. The number of hydrogen-bond acceptors (Lipinski definition) is 5. The largest absolute Gasteiger partial charge is 0.458 e. The van der Waals surface area contributed by atoms with Crippen LogP contribution >= 0.6 is 0 Å². The zero-order valence-corrected chi connectivity index (χ0v) is 12.9. The highest BCUT2D eigenvalue weighted by molar-refractivity contribution is 5.99. The van der Waals surface area contributed by atoms with Crippen molar-refractivity contribution in [1.82, 2.24) is 0 Å². The molecule has 2 aliphatic heterocycles. The van der Waals surface area contributed by atoms with E-state index in [1.54, 1.807) is 20.8 Å². The van der Waals surface area contributed by atoms with Crippen molar-refractivity contribution in [1.29, 1.82) is 0 Å². The molecule has 4 aliphatic rings. The third-order valence-corrected chi connectivity index (χ3v) is 5.54. The van der Waals surface area contributed by atoms with Gasteiger partial charge in [-0.2, -0.15) is 0 Å². The van der Waals surface area contributed by atoms with Crippen LogP contribution in [-0.2, 0) is 23.9 Å². The van der Waals surface area contributed by atoms with Crippen molar-refractivity contribution in [3.63, 3.8) is 0 Å². The van der Waals surface area contributed by atoms with Crippen LogP contribution in [0.5, 0.6) is 0 Å². The Kier molecular flexibility index (Phi) is 3.15. The number of esters is 2. The third-order valence-electron chi connectivity index (χ3n) is 5.54. The number of ketones is 1. The maximum Gasteiger partial charge on any atom is 0.316 e. The van der Waals surface area contributed by atoms with E-state index in [9.17, 15) is 14.4 Å². The van der Waals surface area contributed by atoms with Gasteiger partial charge in [0.2, 0.25) is 0 Å². The molecule has 2 saturated heterocycles. The minimum atomic E-state index is -0.768. The number of Topliss-reactive ketones (excluding diaryl/α,β-unsaturated/α-hetero) is 1. The summed E-state index contributed by atoms with van der Waals surface area (Å²) in [5.74, 6) is -1.54. The molecule has 6 atom stereocenters. The van der Waals surface area contributed by atoms with Crippen LogP contribution in [0.1, 0.15) is 40.5 Å². The fourth-order valence-corrected chi connectivity index (χ4v) is 4.38. The molecule has 0 aromatic heterocycles. The lowest BCUT2D eigenvalue weighted by molar-refractivity contribution is -0.222. The summed E-state index contributed by atoms with van der Waals surface area (Å²) < 4.78 is 11.2. The molecule has 116 valence electrons. The summed E-state index contributed by atoms with van der Waals surface area (Å²) in [5, 5.41) is 0. The van der Waals surface area contributed by atoms with Crippen molar-refractivity contribution in [2.45, 2.75) is 52.2 Å². The van der Waals surface area contributed by atoms with E-state index < -0.39 is 17.5 Å². The number of carbonyl (C=O) groups excluding carboxylic acids is 3. The Balaban J connectivity index is 1.75. The van der Waals surface area contributed by atoms with Crippen LogP contribution in [0.15, 0.2) is 0 Å². The molecule has 5 nitrogen and oxygen atoms in total. The predicted octanol–water partition coefficient (Wildman–Crippen LogP) is 1.73. The summed E-state index contributed by atoms with van der Waals surface area (Å²) >= 11 is 0. The fourth-order valence-electron chi connectivity index (χ4n) is 4.38. The maximum atomic E-state index is 12.3. The number of hydrogen-bond donors (Lipinski definition) is 0. The average molecular weight is 294 g/mol. The van der Waals surface area contributed by atoms with Crippen LogP contribution in [0.2, 0.25) is 0 Å². The van der Waals surface area contributed by atoms with Crippen molar-refractivity contribution >= 4 is 17.7 Å². The van der Waals surface area contributed by atoms with E-state index in [0.29, 0.717) is 5.92 Å². The Hall–Kier alpha value is -1.39. The first-order chi connectivity index (χ1) is 9.75. The second-order valence-corrected chi connectivity index (χ2v) is 7.19. The lowest BCUT2D eigenvalue weighted by atomic mass is 9.73. The first-order valence-corrected chi connectivity index (χ1v) is 7.72. The standard InChI is InChI=1S/C16H22O5/c1-7(2)12(17)8(3)14(18)21-16(4)11-6-9-5-10(11)15(19)20-13(9)16/h7-11,13H,5-6H2,1-4H3. The molecule has 21 heavy (non-hydrogen) atoms. The van der Waals surface area contributed by atoms with E-state index in [4.69, 9.17) is 9.47 Å². The molecule has 6 unspecified atom stereocenters. The van der Waals surface area contributed by atoms with Gasteiger partial charge in [-0.15, -0.1) is 0 Å². The van der Waals surface area contributed by atoms with Crippen LogP contribution in [0.3, 0.4) is 0 Å². The Morgan fingerprint density at radius 3 is 2.52 bits per heavy atom. The molecule has 4 fully saturated rings. The van der Waals surface area contributed by atoms with E-state index in [1.807, 2.05) is 6.92 Å². The monoisotopic (exact) mass is 294 g/mol. The number of ether oxygens (including phenoxy) is 2. The maximum absolute atomic E-state index is 12.3. The van der Waals surface area contributed by atoms with Crippen LogP contribution in [0, 0.1) is 29.6 Å². The number of fused-ring (bicyclic) bond motifs is 1. The van der Waals surface area contributed by atoms with Gasteiger partial charge in [-0.3, -0.25) is 14.4 Å². The highest BCUT2D eigenvalue weighted by atomic mass is 16.6. The molecule has 0 spiro atoms. The van der Waals surface area contributed by atoms with Gasteiger partial charge >= 0.3 is 11.9 Å². The van der Waals surface area contributed by atoms with E-state index in [-0.39, 0.29) is 35.6 Å². The third kappa shape index (κ3) is 1.93. The Labute approximate surface area is 124 Å². The second-order valence-electron chi connectivity index (χ2n) is 7.19. The highest BCUT2D eigenvalue weighted by Gasteiger charge is 2.69. The van der Waals surface area contributed by atoms with Gasteiger partial charge in [0.1, 0.15) is 23.4 Å². The summed E-state index contributed by atoms with van der Waals surface area (Å²) in [4.78, 5) is 36.0. The smallest absolute Gasteiger partial charge is 0.316 e. The van der Waals surface area contributed by atoms with Gasteiger partial charge in [0.05, 0.1) is 5.92 Å². The van der Waals surface area contributed by atoms with Crippen LogP contribution in [0.4, 0.5) is 0 Å². The molecule has 5 heteroatoms. The van der Waals surface area contributed by atoms with Gasteiger partial charge in [0.25, 0.3) is 0 Å². The van der Waals surface area contributed by atoms with Gasteiger partial charge in [-0.1, -0.05) is 13.8 Å². The minimum Gasteiger partial charge on any atom is -0.458 e. The normalized spacial score (nSPS) is 41.3. The van der Waals surface area contributed by atoms with Crippen LogP contribution < -0.4 is 0 Å². The number of rotatable bonds is 4. The van der Waals surface area contributed by atoms with E-state index in [1.165, 1.54) is 0 Å². The molecule has 0 radical (unpaired) electrons. The first kappa shape index (κ1) is 14.5. The molecule has 2 heterocycles. The molecule has 4 bridgehead atoms. The Bertz CT molecular complexity index is 507. The average Bonchev–Trinajstić information content (AvgIpc) is 2.92. The second kappa shape index (κ2) is 4.55. The predicted molar refractivity (Wildman–Crippen MR) is 73.1 cm³/mol. The molecule has 2 aliphatic carbocycles. The Morgan fingerprint density at radius 1 is 1.29 bits per heavy atom. The van der Waals surface area contributed by atoms with Crippen molar-refractivity contribution in [3.05, 3.63) is 0 Å². The molecular weight excluding hydrogens is 272 g/mol. The van der Waals surface area contributed by atoms with Gasteiger partial charge in [0, 0.05) is 17.8 Å². The van der Waals surface area contributed by atoms with Gasteiger partial charge in [-0.25, -0.2) is 0 Å². The molecule has 0 amide bonds. The molecule has 2 saturated carbocycles. The first-order valence-electron chi connectivity index (χ1n) is 7.72. The summed E-state index contributed by atoms with van der Waals surface area (Å²) in [5.41, 5.74) is -0.760. The van der Waals surface area contributed by atoms with Crippen molar-refractivity contribution in [2.24, 2.45) is 29.6 Å². The van der Waals surface area contributed by atoms with Gasteiger partial charge < -0.3 is 9.47 Å². The summed E-state index contributed by atoms with van der Waals surface area (Å²) in [6.07, 6.45) is 1.38. The van der Waals surface area contributed by atoms with Crippen LogP contribution in [-0.4, -0.2) is 29.4 Å². The Morgan fingerprint density at radius 2 is 1.95 bits per heavy atom. The minimum absolute atomic E-state index is 0.0408. The number of carbonyl (C=O) groups is 3. The summed E-state index contributed by atoms with van der Waals surface area (Å²) in [7, 11) is 0. The van der Waals surface area contributed by atoms with E-state index in [2.05, 4.69) is 0 Å². The lowest BCUT2D eigenvalue weighted by Gasteiger charge is -2.47. The zero-order chi connectivity index (χ0) is 15.5. The molecule has 0 aromatic rings. The molecular formula is C16H22O5. The molecule has 4 rings (SSSR count). The van der Waals surface area contributed by atoms with Crippen molar-refractivity contribution in [2.75, 3.05) is 0 Å². The van der Waals surface area contributed by atoms with Gasteiger partial charge in [-0.05, 0) is 26.7 Å². The zero-order valence-electron chi connectivity index (χ0n) is 12.9. The van der Waals surface area contributed by atoms with Crippen molar-refractivity contribution < 1.29 is 23.9 Å². The fraction of sp³-hybridized carbons (Fsp3) is 0.812. The highest BCUT2D eigenvalue weighted by Crippen LogP contribution is 2.60. The van der Waals surface area contributed by atoms with E-state index >= 15 is 0 Å². The van der Waals surface area contributed by atoms with Crippen molar-refractivity contribution in [3.8, 4) is 0 Å². The van der Waals surface area contributed by atoms with E-state index in [0.717, 1.165) is 12.8 Å². The quantitative estimate of drug-likeness (QED) is 0.583. The van der Waals surface area contributed by atoms with Crippen LogP contribution in [0.25, 0.3) is 0 Å². The summed E-state index contributed by atoms with van der Waals surface area (Å²) in [6, 6.07) is 0. The topological polar surface area (TPSA) is 69.7 Å². The van der Waals surface area contributed by atoms with Gasteiger partial charge in [0.15, 0.2) is 0 Å². The lowest BCUT2D eigenvalue weighted by Crippen LogP contribution is -2.59. The molecule has 0 N–H and O–H groups in total.